The maximum atomic E-state index is 11.0. The molecule has 1 rings (SSSR count). The van der Waals surface area contributed by atoms with Crippen molar-refractivity contribution in [3.63, 3.8) is 0 Å². The summed E-state index contributed by atoms with van der Waals surface area (Å²) in [6.07, 6.45) is 0. The molecule has 0 atom stereocenters. The second-order valence-electron chi connectivity index (χ2n) is 2.40. The van der Waals surface area contributed by atoms with E-state index in [9.17, 15) is 14.7 Å². The molecule has 1 N–H and O–H groups in total. The summed E-state index contributed by atoms with van der Waals surface area (Å²) < 4.78 is 8.87. The first-order valence-electron chi connectivity index (χ1n) is 3.48. The summed E-state index contributed by atoms with van der Waals surface area (Å²) in [5.74, 6) is -1.11. The van der Waals surface area contributed by atoms with Crippen molar-refractivity contribution in [1.29, 1.82) is 0 Å². The second kappa shape index (κ2) is 3.30. The fraction of sp³-hybridized carbons (Fsp3) is 0.250. The normalized spacial score (nSPS) is 9.69. The van der Waals surface area contributed by atoms with Crippen molar-refractivity contribution in [2.75, 3.05) is 7.11 Å². The minimum Gasteiger partial charge on any atom is -0.507 e. The van der Waals surface area contributed by atoms with E-state index < -0.39 is 22.9 Å². The average Bonchev–Trinajstić information content (AvgIpc) is 2.02. The summed E-state index contributed by atoms with van der Waals surface area (Å²) in [7, 11) is 1.11. The molecule has 5 heteroatoms. The van der Waals surface area contributed by atoms with Gasteiger partial charge in [0, 0.05) is 6.07 Å². The van der Waals surface area contributed by atoms with Gasteiger partial charge in [0.2, 0.25) is 0 Å². The molecule has 0 aliphatic carbocycles. The molecule has 1 aromatic heterocycles. The van der Waals surface area contributed by atoms with Crippen molar-refractivity contribution in [3.05, 3.63) is 27.8 Å². The molecule has 0 aliphatic rings. The highest BCUT2D eigenvalue weighted by molar-refractivity contribution is 5.91. The third-order valence-electron chi connectivity index (χ3n) is 1.44. The fourth-order valence-corrected chi connectivity index (χ4v) is 0.886. The van der Waals surface area contributed by atoms with Gasteiger partial charge in [0.05, 0.1) is 7.11 Å². The molecule has 5 nitrogen and oxygen atoms in total. The van der Waals surface area contributed by atoms with Crippen molar-refractivity contribution >= 4 is 5.97 Å². The van der Waals surface area contributed by atoms with Crippen molar-refractivity contribution in [2.24, 2.45) is 0 Å². The fourth-order valence-electron chi connectivity index (χ4n) is 0.886. The number of rotatable bonds is 1. The highest BCUT2D eigenvalue weighted by Gasteiger charge is 2.18. The SMILES string of the molecule is COC(=O)c1c(O)cc(C)oc1=O. The molecule has 0 spiro atoms. The number of carbonyl (C=O) groups excluding carboxylic acids is 1. The van der Waals surface area contributed by atoms with Crippen LogP contribution in [0.5, 0.6) is 5.75 Å². The molecular formula is C8H8O5. The highest BCUT2D eigenvalue weighted by Crippen LogP contribution is 2.14. The maximum absolute atomic E-state index is 11.0. The second-order valence-corrected chi connectivity index (χ2v) is 2.40. The van der Waals surface area contributed by atoms with Crippen LogP contribution in [-0.2, 0) is 4.74 Å². The molecule has 13 heavy (non-hydrogen) atoms. The van der Waals surface area contributed by atoms with Crippen molar-refractivity contribution in [1.82, 2.24) is 0 Å². The minimum absolute atomic E-state index is 0.232. The van der Waals surface area contributed by atoms with Gasteiger partial charge < -0.3 is 14.3 Å². The molecule has 0 unspecified atom stereocenters. The zero-order valence-electron chi connectivity index (χ0n) is 7.16. The van der Waals surface area contributed by atoms with Gasteiger partial charge in [-0.1, -0.05) is 0 Å². The van der Waals surface area contributed by atoms with E-state index in [2.05, 4.69) is 9.15 Å². The molecule has 0 saturated carbocycles. The van der Waals surface area contributed by atoms with E-state index in [4.69, 9.17) is 0 Å². The van der Waals surface area contributed by atoms with Crippen LogP contribution in [0.25, 0.3) is 0 Å². The molecule has 1 heterocycles. The Morgan fingerprint density at radius 3 is 2.69 bits per heavy atom. The molecule has 0 amide bonds. The topological polar surface area (TPSA) is 76.7 Å². The van der Waals surface area contributed by atoms with E-state index in [1.807, 2.05) is 0 Å². The van der Waals surface area contributed by atoms with Gasteiger partial charge in [-0.25, -0.2) is 9.59 Å². The van der Waals surface area contributed by atoms with Gasteiger partial charge in [-0.2, -0.15) is 0 Å². The quantitative estimate of drug-likeness (QED) is 0.641. The number of hydrogen-bond donors (Lipinski definition) is 1. The number of hydrogen-bond acceptors (Lipinski definition) is 5. The van der Waals surface area contributed by atoms with Crippen LogP contribution in [0.15, 0.2) is 15.3 Å². The van der Waals surface area contributed by atoms with Gasteiger partial charge >= 0.3 is 11.6 Å². The summed E-state index contributed by atoms with van der Waals surface area (Å²) in [5.41, 5.74) is -1.38. The van der Waals surface area contributed by atoms with Crippen LogP contribution in [-0.4, -0.2) is 18.2 Å². The van der Waals surface area contributed by atoms with Gasteiger partial charge in [-0.15, -0.1) is 0 Å². The number of aryl methyl sites for hydroxylation is 1. The molecular weight excluding hydrogens is 176 g/mol. The Morgan fingerprint density at radius 1 is 1.62 bits per heavy atom. The summed E-state index contributed by atoms with van der Waals surface area (Å²) in [6.45, 7) is 1.49. The van der Waals surface area contributed by atoms with Gasteiger partial charge in [0.25, 0.3) is 0 Å². The Labute approximate surface area is 73.6 Å². The summed E-state index contributed by atoms with van der Waals surface area (Å²) in [4.78, 5) is 22.0. The Balaban J connectivity index is 3.38. The molecule has 0 radical (unpaired) electrons. The van der Waals surface area contributed by atoms with E-state index in [0.29, 0.717) is 0 Å². The lowest BCUT2D eigenvalue weighted by molar-refractivity contribution is 0.0591. The Morgan fingerprint density at radius 2 is 2.23 bits per heavy atom. The van der Waals surface area contributed by atoms with Crippen LogP contribution in [0.2, 0.25) is 0 Å². The molecule has 0 aliphatic heterocycles. The monoisotopic (exact) mass is 184 g/mol. The van der Waals surface area contributed by atoms with Crippen molar-refractivity contribution in [2.45, 2.75) is 6.92 Å². The van der Waals surface area contributed by atoms with Crippen molar-refractivity contribution < 1.29 is 19.1 Å². The molecule has 0 fully saturated rings. The van der Waals surface area contributed by atoms with E-state index in [0.717, 1.165) is 7.11 Å². The maximum Gasteiger partial charge on any atom is 0.354 e. The number of esters is 1. The average molecular weight is 184 g/mol. The van der Waals surface area contributed by atoms with Crippen LogP contribution >= 0.6 is 0 Å². The summed E-state index contributed by atoms with van der Waals surface area (Å²) in [5, 5.41) is 9.21. The highest BCUT2D eigenvalue weighted by atomic mass is 16.5. The van der Waals surface area contributed by atoms with Gasteiger partial charge in [-0.3, -0.25) is 0 Å². The summed E-state index contributed by atoms with van der Waals surface area (Å²) >= 11 is 0. The Kier molecular flexibility index (Phi) is 2.36. The minimum atomic E-state index is -0.911. The van der Waals surface area contributed by atoms with Gasteiger partial charge in [0.1, 0.15) is 11.5 Å². The smallest absolute Gasteiger partial charge is 0.354 e. The first-order valence-corrected chi connectivity index (χ1v) is 3.48. The zero-order valence-corrected chi connectivity index (χ0v) is 7.16. The molecule has 0 saturated heterocycles. The lowest BCUT2D eigenvalue weighted by Gasteiger charge is -2.00. The van der Waals surface area contributed by atoms with E-state index >= 15 is 0 Å². The summed E-state index contributed by atoms with van der Waals surface area (Å²) in [6, 6.07) is 1.17. The van der Waals surface area contributed by atoms with E-state index in [1.54, 1.807) is 0 Å². The van der Waals surface area contributed by atoms with E-state index in [-0.39, 0.29) is 5.76 Å². The number of methoxy groups -OCH3 is 1. The van der Waals surface area contributed by atoms with Gasteiger partial charge in [0.15, 0.2) is 5.56 Å². The molecule has 1 aromatic rings. The van der Waals surface area contributed by atoms with Crippen molar-refractivity contribution in [3.8, 4) is 5.75 Å². The molecule has 0 aromatic carbocycles. The largest absolute Gasteiger partial charge is 0.507 e. The standard InChI is InChI=1S/C8H8O5/c1-4-3-5(9)6(7(10)12-2)8(11)13-4/h3,9H,1-2H3. The Hall–Kier alpha value is -1.78. The predicted octanol–water partition coefficient (Wildman–Crippen LogP) is 0.440. The number of ether oxygens (including phenoxy) is 1. The van der Waals surface area contributed by atoms with E-state index in [1.165, 1.54) is 13.0 Å². The molecule has 70 valence electrons. The first-order chi connectivity index (χ1) is 6.06. The lowest BCUT2D eigenvalue weighted by Crippen LogP contribution is -2.15. The van der Waals surface area contributed by atoms with Crippen LogP contribution in [0.4, 0.5) is 0 Å². The molecule has 0 bridgehead atoms. The number of aromatic hydroxyl groups is 1. The zero-order chi connectivity index (χ0) is 10.0. The van der Waals surface area contributed by atoms with Gasteiger partial charge in [-0.05, 0) is 6.92 Å². The predicted molar refractivity (Wildman–Crippen MR) is 42.7 cm³/mol. The van der Waals surface area contributed by atoms with Crippen LogP contribution < -0.4 is 5.63 Å². The number of carbonyl (C=O) groups is 1. The third-order valence-corrected chi connectivity index (χ3v) is 1.44. The lowest BCUT2D eigenvalue weighted by atomic mass is 10.2. The van der Waals surface area contributed by atoms with Crippen LogP contribution in [0.1, 0.15) is 16.1 Å². The van der Waals surface area contributed by atoms with Crippen LogP contribution in [0, 0.1) is 6.92 Å². The van der Waals surface area contributed by atoms with Crippen LogP contribution in [0.3, 0.4) is 0 Å². The third kappa shape index (κ3) is 1.69. The Bertz CT molecular complexity index is 390. The first kappa shape index (κ1) is 9.31.